The lowest BCUT2D eigenvalue weighted by atomic mass is 10.1. The molecule has 1 aromatic heterocycles. The molecular weight excluding hydrogens is 346 g/mol. The second-order valence-electron chi connectivity index (χ2n) is 6.05. The highest BCUT2D eigenvalue weighted by Crippen LogP contribution is 2.19. The van der Waals surface area contributed by atoms with E-state index in [-0.39, 0.29) is 5.91 Å². The number of benzene rings is 2. The fraction of sp³-hybridized carbons (Fsp3) is 0.200. The van der Waals surface area contributed by atoms with E-state index in [4.69, 9.17) is 4.74 Å². The summed E-state index contributed by atoms with van der Waals surface area (Å²) in [6.45, 7) is 0. The summed E-state index contributed by atoms with van der Waals surface area (Å²) >= 11 is 1.49. The van der Waals surface area contributed by atoms with Crippen LogP contribution in [0.5, 0.6) is 5.75 Å². The highest BCUT2D eigenvalue weighted by atomic mass is 32.1. The SMILES string of the molecule is COc1ccc(Cc2nc(C(=O)Nc3ccc(N(C)C)cc3)cs2)cc1. The first-order valence-electron chi connectivity index (χ1n) is 8.21. The van der Waals surface area contributed by atoms with Crippen molar-refractivity contribution in [1.82, 2.24) is 4.98 Å². The molecule has 3 aromatic rings. The molecule has 2 aromatic carbocycles. The molecule has 1 N–H and O–H groups in total. The van der Waals surface area contributed by atoms with Crippen molar-refractivity contribution in [2.24, 2.45) is 0 Å². The molecule has 0 atom stereocenters. The Morgan fingerprint density at radius 2 is 1.81 bits per heavy atom. The predicted molar refractivity (Wildman–Crippen MR) is 107 cm³/mol. The van der Waals surface area contributed by atoms with Gasteiger partial charge >= 0.3 is 0 Å². The largest absolute Gasteiger partial charge is 0.497 e. The maximum absolute atomic E-state index is 12.4. The quantitative estimate of drug-likeness (QED) is 0.714. The zero-order chi connectivity index (χ0) is 18.5. The van der Waals surface area contributed by atoms with Gasteiger partial charge in [-0.05, 0) is 42.0 Å². The van der Waals surface area contributed by atoms with E-state index >= 15 is 0 Å². The molecule has 1 heterocycles. The van der Waals surface area contributed by atoms with Crippen LogP contribution in [0.25, 0.3) is 0 Å². The number of hydrogen-bond acceptors (Lipinski definition) is 5. The van der Waals surface area contributed by atoms with Crippen LogP contribution < -0.4 is 15.0 Å². The summed E-state index contributed by atoms with van der Waals surface area (Å²) in [7, 11) is 5.61. The lowest BCUT2D eigenvalue weighted by molar-refractivity contribution is 0.102. The summed E-state index contributed by atoms with van der Waals surface area (Å²) in [4.78, 5) is 18.9. The van der Waals surface area contributed by atoms with Crippen LogP contribution in [0.2, 0.25) is 0 Å². The first-order valence-corrected chi connectivity index (χ1v) is 9.09. The van der Waals surface area contributed by atoms with Crippen molar-refractivity contribution in [2.75, 3.05) is 31.4 Å². The van der Waals surface area contributed by atoms with Crippen molar-refractivity contribution in [3.8, 4) is 5.75 Å². The van der Waals surface area contributed by atoms with Gasteiger partial charge in [-0.3, -0.25) is 4.79 Å². The molecule has 0 bridgehead atoms. The Balaban J connectivity index is 1.63. The molecule has 0 aliphatic carbocycles. The number of rotatable bonds is 6. The van der Waals surface area contributed by atoms with Gasteiger partial charge in [0, 0.05) is 37.3 Å². The van der Waals surface area contributed by atoms with E-state index in [0.717, 1.165) is 27.7 Å². The van der Waals surface area contributed by atoms with Crippen LogP contribution >= 0.6 is 11.3 Å². The number of nitrogens with one attached hydrogen (secondary N) is 1. The predicted octanol–water partition coefficient (Wildman–Crippen LogP) is 4.06. The van der Waals surface area contributed by atoms with Crippen molar-refractivity contribution < 1.29 is 9.53 Å². The number of methoxy groups -OCH3 is 1. The zero-order valence-electron chi connectivity index (χ0n) is 15.0. The summed E-state index contributed by atoms with van der Waals surface area (Å²) in [5.74, 6) is 0.632. The molecule has 0 saturated carbocycles. The Hall–Kier alpha value is -2.86. The normalized spacial score (nSPS) is 10.4. The molecule has 3 rings (SSSR count). The molecule has 0 aliphatic heterocycles. The van der Waals surface area contributed by atoms with Crippen LogP contribution in [0, 0.1) is 0 Å². The fourth-order valence-electron chi connectivity index (χ4n) is 2.45. The molecule has 0 radical (unpaired) electrons. The van der Waals surface area contributed by atoms with Crippen molar-refractivity contribution in [3.63, 3.8) is 0 Å². The lowest BCUT2D eigenvalue weighted by Crippen LogP contribution is -2.13. The van der Waals surface area contributed by atoms with Gasteiger partial charge in [-0.15, -0.1) is 11.3 Å². The fourth-order valence-corrected chi connectivity index (χ4v) is 3.26. The number of hydrogen-bond donors (Lipinski definition) is 1. The standard InChI is InChI=1S/C20H21N3O2S/c1-23(2)16-8-6-15(7-9-16)21-20(24)18-13-26-19(22-18)12-14-4-10-17(25-3)11-5-14/h4-11,13H,12H2,1-3H3,(H,21,24). The molecule has 6 heteroatoms. The van der Waals surface area contributed by atoms with E-state index in [1.165, 1.54) is 11.3 Å². The molecule has 0 fully saturated rings. The van der Waals surface area contributed by atoms with E-state index in [1.807, 2.05) is 67.5 Å². The Bertz CT molecular complexity index is 871. The minimum Gasteiger partial charge on any atom is -0.497 e. The third kappa shape index (κ3) is 4.40. The van der Waals surface area contributed by atoms with Gasteiger partial charge in [0.25, 0.3) is 5.91 Å². The highest BCUT2D eigenvalue weighted by Gasteiger charge is 2.11. The van der Waals surface area contributed by atoms with Gasteiger partial charge in [0.1, 0.15) is 11.4 Å². The molecule has 0 saturated heterocycles. The highest BCUT2D eigenvalue weighted by molar-refractivity contribution is 7.09. The average Bonchev–Trinajstić information content (AvgIpc) is 3.11. The number of carbonyl (C=O) groups excluding carboxylic acids is 1. The number of nitrogens with zero attached hydrogens (tertiary/aromatic N) is 2. The maximum Gasteiger partial charge on any atom is 0.275 e. The zero-order valence-corrected chi connectivity index (χ0v) is 15.8. The third-order valence-corrected chi connectivity index (χ3v) is 4.79. The van der Waals surface area contributed by atoms with Crippen molar-refractivity contribution in [2.45, 2.75) is 6.42 Å². The van der Waals surface area contributed by atoms with Gasteiger partial charge < -0.3 is 15.0 Å². The van der Waals surface area contributed by atoms with E-state index in [0.29, 0.717) is 12.1 Å². The Kier molecular flexibility index (Phi) is 5.53. The Labute approximate surface area is 157 Å². The van der Waals surface area contributed by atoms with Crippen LogP contribution in [-0.2, 0) is 6.42 Å². The van der Waals surface area contributed by atoms with Gasteiger partial charge in [0.05, 0.1) is 12.1 Å². The van der Waals surface area contributed by atoms with Crippen LogP contribution in [-0.4, -0.2) is 32.1 Å². The molecule has 0 spiro atoms. The summed E-state index contributed by atoms with van der Waals surface area (Å²) < 4.78 is 5.16. The smallest absolute Gasteiger partial charge is 0.275 e. The number of ether oxygens (including phenoxy) is 1. The van der Waals surface area contributed by atoms with Crippen LogP contribution in [0.1, 0.15) is 21.1 Å². The second kappa shape index (κ2) is 8.01. The maximum atomic E-state index is 12.4. The number of aromatic nitrogens is 1. The summed E-state index contributed by atoms with van der Waals surface area (Å²) in [5, 5.41) is 5.59. The molecule has 5 nitrogen and oxygen atoms in total. The Morgan fingerprint density at radius 3 is 2.42 bits per heavy atom. The minimum absolute atomic E-state index is 0.195. The van der Waals surface area contributed by atoms with Crippen molar-refractivity contribution in [3.05, 3.63) is 70.2 Å². The Morgan fingerprint density at radius 1 is 1.12 bits per heavy atom. The van der Waals surface area contributed by atoms with Crippen molar-refractivity contribution >= 4 is 28.6 Å². The molecule has 0 unspecified atom stereocenters. The van der Waals surface area contributed by atoms with Crippen LogP contribution in [0.4, 0.5) is 11.4 Å². The average molecular weight is 367 g/mol. The molecular formula is C20H21N3O2S. The van der Waals surface area contributed by atoms with Gasteiger partial charge in [-0.1, -0.05) is 12.1 Å². The van der Waals surface area contributed by atoms with E-state index in [2.05, 4.69) is 10.3 Å². The number of amides is 1. The van der Waals surface area contributed by atoms with E-state index in [9.17, 15) is 4.79 Å². The van der Waals surface area contributed by atoms with Crippen molar-refractivity contribution in [1.29, 1.82) is 0 Å². The summed E-state index contributed by atoms with van der Waals surface area (Å²) in [6, 6.07) is 15.6. The molecule has 134 valence electrons. The monoisotopic (exact) mass is 367 g/mol. The van der Waals surface area contributed by atoms with Gasteiger partial charge in [0.2, 0.25) is 0 Å². The van der Waals surface area contributed by atoms with Gasteiger partial charge in [0.15, 0.2) is 0 Å². The van der Waals surface area contributed by atoms with Gasteiger partial charge in [-0.2, -0.15) is 0 Å². The number of carbonyl (C=O) groups is 1. The third-order valence-electron chi connectivity index (χ3n) is 3.94. The topological polar surface area (TPSA) is 54.5 Å². The number of anilines is 2. The van der Waals surface area contributed by atoms with Crippen LogP contribution in [0.3, 0.4) is 0 Å². The van der Waals surface area contributed by atoms with Gasteiger partial charge in [-0.25, -0.2) is 4.98 Å². The minimum atomic E-state index is -0.195. The molecule has 26 heavy (non-hydrogen) atoms. The number of thiazole rings is 1. The second-order valence-corrected chi connectivity index (χ2v) is 6.99. The summed E-state index contributed by atoms with van der Waals surface area (Å²) in [6.07, 6.45) is 0.694. The first kappa shape index (κ1) is 17.9. The summed E-state index contributed by atoms with van der Waals surface area (Å²) in [5.41, 5.74) is 3.41. The first-order chi connectivity index (χ1) is 12.5. The molecule has 0 aliphatic rings. The van der Waals surface area contributed by atoms with E-state index in [1.54, 1.807) is 12.5 Å². The van der Waals surface area contributed by atoms with E-state index < -0.39 is 0 Å². The van der Waals surface area contributed by atoms with Crippen LogP contribution in [0.15, 0.2) is 53.9 Å². The molecule has 1 amide bonds. The lowest BCUT2D eigenvalue weighted by Gasteiger charge is -2.12.